The number of carbonyl (C=O) groups is 3. The van der Waals surface area contributed by atoms with Gasteiger partial charge in [-0.2, -0.15) is 0 Å². The number of aliphatic hydroxyl groups is 3. The van der Waals surface area contributed by atoms with Gasteiger partial charge in [0.2, 0.25) is 11.8 Å². The Balaban J connectivity index is 1.86. The number of carbonyl (C=O) groups excluding carboxylic acids is 3. The molecule has 8 atom stereocenters. The van der Waals surface area contributed by atoms with E-state index >= 15 is 0 Å². The number of nitrogens with one attached hydrogen (secondary N) is 3. The molecule has 2 saturated heterocycles. The number of primary amides is 1. The number of aliphatic hydroxyl groups excluding tert-OH is 3. The number of fused-ring (bicyclic) bond motifs is 1. The minimum Gasteiger partial charge on any atom is -0.441 e. The third-order valence-electron chi connectivity index (χ3n) is 5.65. The summed E-state index contributed by atoms with van der Waals surface area (Å²) >= 11 is 0. The number of hydrogen-bond acceptors (Lipinski definition) is 12. The molecule has 0 aromatic carbocycles. The molecular weight excluding hydrogens is 444 g/mol. The number of nitrogens with two attached hydrogens (primary N) is 2. The highest BCUT2D eigenvalue weighted by molar-refractivity contribution is 5.92. The van der Waals surface area contributed by atoms with Gasteiger partial charge in [-0.1, -0.05) is 0 Å². The first-order valence-electron chi connectivity index (χ1n) is 10.1. The lowest BCUT2D eigenvalue weighted by atomic mass is 9.94. The molecule has 0 radical (unpaired) electrons. The van der Waals surface area contributed by atoms with Gasteiger partial charge in [0.1, 0.15) is 24.8 Å². The summed E-state index contributed by atoms with van der Waals surface area (Å²) in [5.41, 5.74) is 10.3. The predicted molar refractivity (Wildman–Crippen MR) is 111 cm³/mol. The molecule has 3 amide bonds. The van der Waals surface area contributed by atoms with E-state index in [0.717, 1.165) is 11.2 Å². The van der Waals surface area contributed by atoms with E-state index in [1.54, 1.807) is 0 Å². The molecule has 0 spiro atoms. The monoisotopic (exact) mass is 472 g/mol. The number of guanidine groups is 1. The van der Waals surface area contributed by atoms with E-state index in [9.17, 15) is 29.7 Å². The third kappa shape index (κ3) is 5.08. The number of nitrogens with zero attached hydrogens (tertiary/aromatic N) is 3. The van der Waals surface area contributed by atoms with Crippen LogP contribution in [0, 0.1) is 0 Å². The molecule has 0 aromatic heterocycles. The van der Waals surface area contributed by atoms with Gasteiger partial charge in [0.15, 0.2) is 24.3 Å². The van der Waals surface area contributed by atoms with Gasteiger partial charge >= 0.3 is 6.09 Å². The Morgan fingerprint density at radius 3 is 2.79 bits per heavy atom. The minimum absolute atomic E-state index is 0.0503. The Bertz CT molecular complexity index is 825. The zero-order valence-electron chi connectivity index (χ0n) is 17.7. The minimum atomic E-state index is -1.55. The quantitative estimate of drug-likeness (QED) is 0.133. The molecule has 0 saturated carbocycles. The summed E-state index contributed by atoms with van der Waals surface area (Å²) < 4.78 is 10.7. The molecule has 3 rings (SSSR count). The van der Waals surface area contributed by atoms with E-state index < -0.39 is 67.4 Å². The molecule has 2 fully saturated rings. The first-order valence-corrected chi connectivity index (χ1v) is 10.1. The van der Waals surface area contributed by atoms with E-state index in [1.165, 1.54) is 7.05 Å². The number of rotatable bonds is 6. The largest absolute Gasteiger partial charge is 0.441 e. The Labute approximate surface area is 188 Å². The lowest BCUT2D eigenvalue weighted by Gasteiger charge is -2.46. The van der Waals surface area contributed by atoms with Crippen molar-refractivity contribution >= 4 is 30.2 Å². The van der Waals surface area contributed by atoms with Gasteiger partial charge in [-0.3, -0.25) is 14.6 Å². The Hall–Kier alpha value is -3.21. The maximum Gasteiger partial charge on any atom is 0.404 e. The van der Waals surface area contributed by atoms with Crippen LogP contribution in [0.4, 0.5) is 4.79 Å². The molecule has 16 nitrogen and oxygen atoms in total. The molecular formula is C17H28N8O8. The first-order chi connectivity index (χ1) is 15.7. The van der Waals surface area contributed by atoms with Crippen LogP contribution in [0.15, 0.2) is 9.98 Å². The van der Waals surface area contributed by atoms with Gasteiger partial charge in [-0.05, 0) is 0 Å². The zero-order valence-corrected chi connectivity index (χ0v) is 17.7. The maximum absolute atomic E-state index is 12.5. The highest BCUT2D eigenvalue weighted by Crippen LogP contribution is 2.26. The van der Waals surface area contributed by atoms with Crippen molar-refractivity contribution in [1.82, 2.24) is 20.9 Å². The fourth-order valence-electron chi connectivity index (χ4n) is 4.00. The Morgan fingerprint density at radius 2 is 2.18 bits per heavy atom. The smallest absolute Gasteiger partial charge is 0.404 e. The molecule has 184 valence electrons. The van der Waals surface area contributed by atoms with Crippen molar-refractivity contribution in [2.24, 2.45) is 21.5 Å². The van der Waals surface area contributed by atoms with Crippen LogP contribution in [0.25, 0.3) is 0 Å². The van der Waals surface area contributed by atoms with Crippen molar-refractivity contribution in [3.05, 3.63) is 0 Å². The van der Waals surface area contributed by atoms with E-state index in [2.05, 4.69) is 25.9 Å². The highest BCUT2D eigenvalue weighted by Gasteiger charge is 2.51. The molecule has 3 aliphatic heterocycles. The van der Waals surface area contributed by atoms with Crippen molar-refractivity contribution in [3.8, 4) is 0 Å². The van der Waals surface area contributed by atoms with E-state index in [1.807, 2.05) is 0 Å². The van der Waals surface area contributed by atoms with Crippen LogP contribution in [0.5, 0.6) is 0 Å². The number of β-amino-alcohol motifs (C(OH)–C–C–N with tert-alkyl or cyclic N) is 1. The molecule has 0 aliphatic carbocycles. The molecule has 16 heteroatoms. The second-order valence-corrected chi connectivity index (χ2v) is 7.70. The second kappa shape index (κ2) is 10.2. The standard InChI is InChI=1S/C17H28N8O8/c1-25(8(28)3-20-5-18)11-12(29)13(33-16(19)31)7(4-26)32-15(11)24-17-22-9-6(27)2-21-14(30)10(9)23-17/h5-7,9-13,15,26-27,29H,2-4H2,1H3,(H2,18,20)(H2,19,31)(H,21,30)(H2,22,23,24)/t6-,7-,9-,10+,11-,12-,13+,15-/m1/s1. The Kier molecular flexibility index (Phi) is 7.52. The lowest BCUT2D eigenvalue weighted by molar-refractivity contribution is -0.214. The summed E-state index contributed by atoms with van der Waals surface area (Å²) in [5, 5.41) is 39.1. The molecule has 0 bridgehead atoms. The number of piperidine rings is 1. The van der Waals surface area contributed by atoms with Crippen molar-refractivity contribution in [2.75, 3.05) is 26.7 Å². The van der Waals surface area contributed by atoms with Gasteiger partial charge in [0.05, 0.1) is 25.1 Å². The maximum atomic E-state index is 12.5. The number of aliphatic imine (C=N–C) groups is 2. The summed E-state index contributed by atoms with van der Waals surface area (Å²) in [6.45, 7) is -0.931. The van der Waals surface area contributed by atoms with Crippen LogP contribution in [0.3, 0.4) is 0 Å². The fraction of sp³-hybridized carbons (Fsp3) is 0.706. The summed E-state index contributed by atoms with van der Waals surface area (Å²) in [7, 11) is 1.36. The van der Waals surface area contributed by atoms with Gasteiger partial charge in [-0.25, -0.2) is 9.79 Å². The predicted octanol–water partition coefficient (Wildman–Crippen LogP) is -5.88. The SMILES string of the molecule is CN(C(=O)CN=CN)[C@@H]1[C@@H](O)[C@@H](OC(N)=O)[C@@H](CO)O[C@H]1NC1=N[C@@H]2C(=O)NC[C@@H](O)[C@H]2N1. The highest BCUT2D eigenvalue weighted by atomic mass is 16.6. The molecule has 0 unspecified atom stereocenters. The summed E-state index contributed by atoms with van der Waals surface area (Å²) in [5.74, 6) is -0.873. The van der Waals surface area contributed by atoms with Gasteiger partial charge in [0, 0.05) is 13.6 Å². The van der Waals surface area contributed by atoms with E-state index in [-0.39, 0.29) is 25.0 Å². The summed E-state index contributed by atoms with van der Waals surface area (Å²) in [4.78, 5) is 45.0. The molecule has 33 heavy (non-hydrogen) atoms. The van der Waals surface area contributed by atoms with Crippen molar-refractivity contribution in [2.45, 2.75) is 48.8 Å². The van der Waals surface area contributed by atoms with Crippen LogP contribution < -0.4 is 27.4 Å². The molecule has 10 N–H and O–H groups in total. The second-order valence-electron chi connectivity index (χ2n) is 7.70. The number of amides is 3. The molecule has 0 aromatic rings. The molecule has 3 aliphatic rings. The van der Waals surface area contributed by atoms with Crippen LogP contribution in [0.1, 0.15) is 0 Å². The topological polar surface area (TPSA) is 246 Å². The van der Waals surface area contributed by atoms with Gasteiger partial charge in [-0.15, -0.1) is 0 Å². The van der Waals surface area contributed by atoms with Gasteiger partial charge < -0.3 is 57.1 Å². The Morgan fingerprint density at radius 1 is 1.45 bits per heavy atom. The van der Waals surface area contributed by atoms with Crippen LogP contribution in [-0.2, 0) is 19.1 Å². The number of ether oxygens (including phenoxy) is 2. The van der Waals surface area contributed by atoms with E-state index in [4.69, 9.17) is 20.9 Å². The third-order valence-corrected chi connectivity index (χ3v) is 5.65. The summed E-state index contributed by atoms with van der Waals surface area (Å²) in [6.07, 6.45) is -6.49. The van der Waals surface area contributed by atoms with Crippen molar-refractivity contribution in [3.63, 3.8) is 0 Å². The average Bonchev–Trinajstić information content (AvgIpc) is 3.21. The van der Waals surface area contributed by atoms with Gasteiger partial charge in [0.25, 0.3) is 0 Å². The first kappa shape index (κ1) is 24.4. The normalized spacial score (nSPS) is 35.8. The van der Waals surface area contributed by atoms with Crippen molar-refractivity contribution < 1.29 is 39.2 Å². The molecule has 3 heterocycles. The van der Waals surface area contributed by atoms with Crippen LogP contribution in [0.2, 0.25) is 0 Å². The van der Waals surface area contributed by atoms with Crippen molar-refractivity contribution in [1.29, 1.82) is 0 Å². The van der Waals surface area contributed by atoms with E-state index in [0.29, 0.717) is 0 Å². The number of likely N-dealkylation sites (N-methyl/N-ethyl adjacent to an activating group) is 1. The summed E-state index contributed by atoms with van der Waals surface area (Å²) in [6, 6.07) is -2.77. The lowest BCUT2D eigenvalue weighted by Crippen LogP contribution is -2.70. The fourth-order valence-corrected chi connectivity index (χ4v) is 4.00. The zero-order chi connectivity index (χ0) is 24.3. The number of hydrogen-bond donors (Lipinski definition) is 8. The van der Waals surface area contributed by atoms with Crippen LogP contribution in [-0.4, -0.2) is 126 Å². The van der Waals surface area contributed by atoms with Crippen LogP contribution >= 0.6 is 0 Å². The average molecular weight is 472 g/mol.